The van der Waals surface area contributed by atoms with E-state index in [-0.39, 0.29) is 5.91 Å². The number of benzene rings is 1. The SMILES string of the molecule is CC[C@@H](C(=O)Nc1nccs1)n1ccc(-c2cccc(-c3ncccn3)c2)n1. The first-order valence-electron chi connectivity index (χ1n) is 8.88. The molecule has 0 aliphatic rings. The van der Waals surface area contributed by atoms with E-state index in [9.17, 15) is 4.79 Å². The van der Waals surface area contributed by atoms with Gasteiger partial charge in [0.1, 0.15) is 6.04 Å². The highest BCUT2D eigenvalue weighted by atomic mass is 32.1. The van der Waals surface area contributed by atoms with Gasteiger partial charge in [-0.1, -0.05) is 25.1 Å². The fourth-order valence-electron chi connectivity index (χ4n) is 2.90. The van der Waals surface area contributed by atoms with Gasteiger partial charge in [-0.15, -0.1) is 11.3 Å². The molecule has 7 nitrogen and oxygen atoms in total. The number of amides is 1. The Morgan fingerprint density at radius 3 is 2.68 bits per heavy atom. The van der Waals surface area contributed by atoms with Gasteiger partial charge in [-0.25, -0.2) is 15.0 Å². The minimum atomic E-state index is -0.404. The number of aromatic nitrogens is 5. The van der Waals surface area contributed by atoms with Gasteiger partial charge in [0.05, 0.1) is 5.69 Å². The Morgan fingerprint density at radius 1 is 1.11 bits per heavy atom. The van der Waals surface area contributed by atoms with Gasteiger partial charge in [-0.05, 0) is 24.6 Å². The maximum Gasteiger partial charge on any atom is 0.251 e. The fraction of sp³-hybridized carbons (Fsp3) is 0.150. The number of thiazole rings is 1. The molecule has 0 spiro atoms. The Labute approximate surface area is 166 Å². The number of hydrogen-bond acceptors (Lipinski definition) is 6. The summed E-state index contributed by atoms with van der Waals surface area (Å²) in [6, 6.07) is 11.2. The van der Waals surface area contributed by atoms with E-state index in [4.69, 9.17) is 0 Å². The van der Waals surface area contributed by atoms with Gasteiger partial charge in [-0.3, -0.25) is 9.48 Å². The summed E-state index contributed by atoms with van der Waals surface area (Å²) in [5.41, 5.74) is 2.65. The molecule has 4 rings (SSSR count). The van der Waals surface area contributed by atoms with Crippen molar-refractivity contribution in [2.24, 2.45) is 0 Å². The largest absolute Gasteiger partial charge is 0.300 e. The second kappa shape index (κ2) is 8.10. The van der Waals surface area contributed by atoms with Gasteiger partial charge in [0, 0.05) is 41.3 Å². The summed E-state index contributed by atoms with van der Waals surface area (Å²) >= 11 is 1.39. The number of carbonyl (C=O) groups excluding carboxylic acids is 1. The van der Waals surface area contributed by atoms with Crippen molar-refractivity contribution >= 4 is 22.4 Å². The second-order valence-electron chi connectivity index (χ2n) is 6.08. The Morgan fingerprint density at radius 2 is 1.93 bits per heavy atom. The molecule has 0 bridgehead atoms. The summed E-state index contributed by atoms with van der Waals surface area (Å²) in [5, 5.41) is 9.89. The molecule has 1 atom stereocenters. The molecule has 28 heavy (non-hydrogen) atoms. The topological polar surface area (TPSA) is 85.6 Å². The van der Waals surface area contributed by atoms with Gasteiger partial charge in [0.25, 0.3) is 5.91 Å². The van der Waals surface area contributed by atoms with E-state index in [1.165, 1.54) is 11.3 Å². The van der Waals surface area contributed by atoms with Crippen molar-refractivity contribution in [3.05, 3.63) is 66.6 Å². The summed E-state index contributed by atoms with van der Waals surface area (Å²) in [7, 11) is 0. The second-order valence-corrected chi connectivity index (χ2v) is 6.98. The van der Waals surface area contributed by atoms with Crippen LogP contribution >= 0.6 is 11.3 Å². The van der Waals surface area contributed by atoms with Crippen LogP contribution in [0.1, 0.15) is 19.4 Å². The van der Waals surface area contributed by atoms with Crippen LogP contribution in [0.25, 0.3) is 22.6 Å². The van der Waals surface area contributed by atoms with E-state index in [1.54, 1.807) is 29.3 Å². The lowest BCUT2D eigenvalue weighted by Gasteiger charge is -2.14. The lowest BCUT2D eigenvalue weighted by Crippen LogP contribution is -2.25. The van der Waals surface area contributed by atoms with Crippen LogP contribution in [0.3, 0.4) is 0 Å². The molecule has 0 saturated heterocycles. The highest BCUT2D eigenvalue weighted by molar-refractivity contribution is 7.13. The van der Waals surface area contributed by atoms with E-state index in [0.717, 1.165) is 16.8 Å². The van der Waals surface area contributed by atoms with Crippen molar-refractivity contribution in [1.82, 2.24) is 24.7 Å². The third-order valence-corrected chi connectivity index (χ3v) is 4.95. The standard InChI is InChI=1S/C20H18N6OS/c1-2-17(19(27)24-20-23-10-12-28-20)26-11-7-16(25-26)14-5-3-6-15(13-14)18-21-8-4-9-22-18/h3-13,17H,2H2,1H3,(H,23,24,27)/t17-/m0/s1. The molecule has 0 aliphatic heterocycles. The van der Waals surface area contributed by atoms with Crippen LogP contribution in [0.15, 0.2) is 66.6 Å². The Bertz CT molecular complexity index is 1060. The zero-order valence-corrected chi connectivity index (χ0v) is 16.0. The monoisotopic (exact) mass is 390 g/mol. The Kier molecular flexibility index (Phi) is 5.20. The summed E-state index contributed by atoms with van der Waals surface area (Å²) in [5.74, 6) is 0.538. The first kappa shape index (κ1) is 18.0. The predicted octanol–water partition coefficient (Wildman–Crippen LogP) is 4.05. The average molecular weight is 390 g/mol. The lowest BCUT2D eigenvalue weighted by molar-refractivity contribution is -0.119. The molecule has 140 valence electrons. The summed E-state index contributed by atoms with van der Waals surface area (Å²) in [6.45, 7) is 1.96. The van der Waals surface area contributed by atoms with Gasteiger partial charge < -0.3 is 5.32 Å². The van der Waals surface area contributed by atoms with Crippen LogP contribution in [0.5, 0.6) is 0 Å². The zero-order chi connectivity index (χ0) is 19.3. The van der Waals surface area contributed by atoms with Gasteiger partial charge in [0.15, 0.2) is 11.0 Å². The van der Waals surface area contributed by atoms with E-state index in [1.807, 2.05) is 48.8 Å². The first-order chi connectivity index (χ1) is 13.7. The molecule has 0 fully saturated rings. The van der Waals surface area contributed by atoms with E-state index < -0.39 is 6.04 Å². The van der Waals surface area contributed by atoms with E-state index in [2.05, 4.69) is 25.4 Å². The van der Waals surface area contributed by atoms with Crippen LogP contribution in [0, 0.1) is 0 Å². The maximum absolute atomic E-state index is 12.6. The van der Waals surface area contributed by atoms with Gasteiger partial charge in [-0.2, -0.15) is 5.10 Å². The van der Waals surface area contributed by atoms with Crippen molar-refractivity contribution in [2.45, 2.75) is 19.4 Å². The highest BCUT2D eigenvalue weighted by Crippen LogP contribution is 2.24. The molecule has 8 heteroatoms. The molecule has 3 heterocycles. The highest BCUT2D eigenvalue weighted by Gasteiger charge is 2.20. The molecular formula is C20H18N6OS. The normalized spacial score (nSPS) is 11.9. The van der Waals surface area contributed by atoms with E-state index in [0.29, 0.717) is 17.4 Å². The minimum Gasteiger partial charge on any atom is -0.300 e. The van der Waals surface area contributed by atoms with Crippen molar-refractivity contribution in [3.63, 3.8) is 0 Å². The van der Waals surface area contributed by atoms with Crippen molar-refractivity contribution in [2.75, 3.05) is 5.32 Å². The third kappa shape index (κ3) is 3.81. The quantitative estimate of drug-likeness (QED) is 0.537. The lowest BCUT2D eigenvalue weighted by atomic mass is 10.1. The number of rotatable bonds is 6. The van der Waals surface area contributed by atoms with Crippen LogP contribution in [0.4, 0.5) is 5.13 Å². The number of carbonyl (C=O) groups is 1. The molecule has 4 aromatic rings. The molecule has 0 aliphatic carbocycles. The van der Waals surface area contributed by atoms with Crippen molar-refractivity contribution in [1.29, 1.82) is 0 Å². The maximum atomic E-state index is 12.6. The van der Waals surface area contributed by atoms with Crippen LogP contribution < -0.4 is 5.32 Å². The van der Waals surface area contributed by atoms with Crippen molar-refractivity contribution < 1.29 is 4.79 Å². The molecule has 3 aromatic heterocycles. The predicted molar refractivity (Wildman–Crippen MR) is 109 cm³/mol. The smallest absolute Gasteiger partial charge is 0.251 e. The number of anilines is 1. The van der Waals surface area contributed by atoms with Crippen LogP contribution in [-0.4, -0.2) is 30.6 Å². The van der Waals surface area contributed by atoms with Gasteiger partial charge in [0.2, 0.25) is 0 Å². The summed E-state index contributed by atoms with van der Waals surface area (Å²) in [6.07, 6.45) is 7.55. The minimum absolute atomic E-state index is 0.126. The number of nitrogens with one attached hydrogen (secondary N) is 1. The summed E-state index contributed by atoms with van der Waals surface area (Å²) in [4.78, 5) is 25.3. The molecule has 0 saturated carbocycles. The Hall–Kier alpha value is -3.39. The Balaban J connectivity index is 1.57. The van der Waals surface area contributed by atoms with Crippen LogP contribution in [-0.2, 0) is 4.79 Å². The molecule has 0 radical (unpaired) electrons. The first-order valence-corrected chi connectivity index (χ1v) is 9.76. The third-order valence-electron chi connectivity index (χ3n) is 4.26. The number of nitrogens with zero attached hydrogens (tertiary/aromatic N) is 5. The molecule has 1 amide bonds. The molecule has 1 N–H and O–H groups in total. The van der Waals surface area contributed by atoms with Gasteiger partial charge >= 0.3 is 0 Å². The van der Waals surface area contributed by atoms with Crippen molar-refractivity contribution in [3.8, 4) is 22.6 Å². The average Bonchev–Trinajstić information content (AvgIpc) is 3.42. The van der Waals surface area contributed by atoms with Crippen LogP contribution in [0.2, 0.25) is 0 Å². The number of hydrogen-bond donors (Lipinski definition) is 1. The zero-order valence-electron chi connectivity index (χ0n) is 15.2. The fourth-order valence-corrected chi connectivity index (χ4v) is 3.43. The summed E-state index contributed by atoms with van der Waals surface area (Å²) < 4.78 is 1.70. The van der Waals surface area contributed by atoms with E-state index >= 15 is 0 Å². The molecule has 1 aromatic carbocycles. The molecule has 0 unspecified atom stereocenters. The molecular weight excluding hydrogens is 372 g/mol.